The SMILES string of the molecule is C=CCOC(=O)N(CC1CNC1)[C@@H]1C[C@H]1c1ccccc1. The van der Waals surface area contributed by atoms with Gasteiger partial charge in [0.1, 0.15) is 6.61 Å². The van der Waals surface area contributed by atoms with Gasteiger partial charge in [0.25, 0.3) is 0 Å². The average molecular weight is 286 g/mol. The molecule has 2 fully saturated rings. The first-order valence-electron chi connectivity index (χ1n) is 7.59. The zero-order valence-corrected chi connectivity index (χ0v) is 12.2. The molecule has 4 nitrogen and oxygen atoms in total. The summed E-state index contributed by atoms with van der Waals surface area (Å²) in [7, 11) is 0. The van der Waals surface area contributed by atoms with E-state index in [4.69, 9.17) is 4.74 Å². The number of rotatable bonds is 6. The minimum Gasteiger partial charge on any atom is -0.445 e. The van der Waals surface area contributed by atoms with Crippen LogP contribution < -0.4 is 5.32 Å². The van der Waals surface area contributed by atoms with Crippen LogP contribution >= 0.6 is 0 Å². The molecule has 0 bridgehead atoms. The first-order chi connectivity index (χ1) is 10.3. The van der Waals surface area contributed by atoms with Gasteiger partial charge in [-0.2, -0.15) is 0 Å². The van der Waals surface area contributed by atoms with E-state index in [0.717, 1.165) is 26.1 Å². The van der Waals surface area contributed by atoms with Crippen molar-refractivity contribution in [2.75, 3.05) is 26.2 Å². The van der Waals surface area contributed by atoms with Crippen LogP contribution in [0, 0.1) is 5.92 Å². The zero-order valence-electron chi connectivity index (χ0n) is 12.2. The summed E-state index contributed by atoms with van der Waals surface area (Å²) in [5.41, 5.74) is 1.32. The summed E-state index contributed by atoms with van der Waals surface area (Å²) in [6.07, 6.45) is 2.45. The number of nitrogens with one attached hydrogen (secondary N) is 1. The Hall–Kier alpha value is -1.81. The second kappa shape index (κ2) is 6.31. The fourth-order valence-electron chi connectivity index (χ4n) is 2.90. The minimum atomic E-state index is -0.203. The van der Waals surface area contributed by atoms with Crippen LogP contribution in [-0.2, 0) is 4.74 Å². The van der Waals surface area contributed by atoms with Crippen molar-refractivity contribution in [1.29, 1.82) is 0 Å². The van der Waals surface area contributed by atoms with E-state index >= 15 is 0 Å². The number of carbonyl (C=O) groups is 1. The van der Waals surface area contributed by atoms with Crippen molar-refractivity contribution < 1.29 is 9.53 Å². The summed E-state index contributed by atoms with van der Waals surface area (Å²) in [5.74, 6) is 1.01. The smallest absolute Gasteiger partial charge is 0.410 e. The third-order valence-corrected chi connectivity index (χ3v) is 4.26. The van der Waals surface area contributed by atoms with Crippen LogP contribution in [0.2, 0.25) is 0 Å². The lowest BCUT2D eigenvalue weighted by atomic mass is 10.0. The van der Waals surface area contributed by atoms with Crippen molar-refractivity contribution in [2.24, 2.45) is 5.92 Å². The van der Waals surface area contributed by atoms with E-state index < -0.39 is 0 Å². The third kappa shape index (κ3) is 3.27. The second-order valence-electron chi connectivity index (χ2n) is 5.86. The highest BCUT2D eigenvalue weighted by molar-refractivity contribution is 5.69. The summed E-state index contributed by atoms with van der Waals surface area (Å²) in [6, 6.07) is 10.7. The minimum absolute atomic E-state index is 0.203. The van der Waals surface area contributed by atoms with Gasteiger partial charge in [0.2, 0.25) is 0 Å². The van der Waals surface area contributed by atoms with Crippen LogP contribution in [0.4, 0.5) is 4.79 Å². The Bertz CT molecular complexity index is 499. The van der Waals surface area contributed by atoms with Gasteiger partial charge < -0.3 is 15.0 Å². The van der Waals surface area contributed by atoms with E-state index in [-0.39, 0.29) is 18.7 Å². The van der Waals surface area contributed by atoms with Gasteiger partial charge in [-0.25, -0.2) is 4.79 Å². The molecule has 2 atom stereocenters. The molecule has 112 valence electrons. The number of amides is 1. The molecule has 1 aromatic carbocycles. The largest absolute Gasteiger partial charge is 0.445 e. The maximum atomic E-state index is 12.3. The molecule has 0 radical (unpaired) electrons. The molecule has 0 aromatic heterocycles. The highest BCUT2D eigenvalue weighted by Crippen LogP contribution is 2.45. The summed E-state index contributed by atoms with van der Waals surface area (Å²) in [6.45, 7) is 6.65. The molecule has 0 spiro atoms. The molecular formula is C17H22N2O2. The number of benzene rings is 1. The van der Waals surface area contributed by atoms with Crippen LogP contribution in [0.1, 0.15) is 17.9 Å². The highest BCUT2D eigenvalue weighted by atomic mass is 16.6. The molecule has 1 aliphatic carbocycles. The summed E-state index contributed by atoms with van der Waals surface area (Å²) in [5, 5.41) is 3.26. The maximum Gasteiger partial charge on any atom is 0.410 e. The van der Waals surface area contributed by atoms with Crippen molar-refractivity contribution in [3.63, 3.8) is 0 Å². The quantitative estimate of drug-likeness (QED) is 0.816. The number of nitrogens with zero attached hydrogens (tertiary/aromatic N) is 1. The topological polar surface area (TPSA) is 41.6 Å². The van der Waals surface area contributed by atoms with Gasteiger partial charge in [-0.05, 0) is 12.0 Å². The van der Waals surface area contributed by atoms with Crippen LogP contribution in [0.25, 0.3) is 0 Å². The van der Waals surface area contributed by atoms with E-state index in [0.29, 0.717) is 11.8 Å². The molecule has 1 heterocycles. The molecule has 21 heavy (non-hydrogen) atoms. The van der Waals surface area contributed by atoms with Crippen LogP contribution in [0.5, 0.6) is 0 Å². The Balaban J connectivity index is 1.64. The Labute approximate surface area is 125 Å². The molecule has 3 rings (SSSR count). The molecule has 1 saturated carbocycles. The maximum absolute atomic E-state index is 12.3. The predicted molar refractivity (Wildman–Crippen MR) is 82.2 cm³/mol. The number of ether oxygens (including phenoxy) is 1. The van der Waals surface area contributed by atoms with Crippen molar-refractivity contribution in [3.05, 3.63) is 48.6 Å². The molecule has 1 amide bonds. The summed E-state index contributed by atoms with van der Waals surface area (Å²) in [4.78, 5) is 14.2. The lowest BCUT2D eigenvalue weighted by Gasteiger charge is -2.33. The average Bonchev–Trinajstić information content (AvgIpc) is 3.25. The Kier molecular flexibility index (Phi) is 4.25. The summed E-state index contributed by atoms with van der Waals surface area (Å²) >= 11 is 0. The van der Waals surface area contributed by atoms with E-state index in [2.05, 4.69) is 36.2 Å². The van der Waals surface area contributed by atoms with Crippen molar-refractivity contribution in [1.82, 2.24) is 10.2 Å². The van der Waals surface area contributed by atoms with Gasteiger partial charge >= 0.3 is 6.09 Å². The lowest BCUT2D eigenvalue weighted by molar-refractivity contribution is 0.0960. The fourth-order valence-corrected chi connectivity index (χ4v) is 2.90. The van der Waals surface area contributed by atoms with Gasteiger partial charge in [-0.1, -0.05) is 43.0 Å². The van der Waals surface area contributed by atoms with Crippen LogP contribution in [0.3, 0.4) is 0 Å². The molecule has 1 aliphatic heterocycles. The monoisotopic (exact) mass is 286 g/mol. The predicted octanol–water partition coefficient (Wildman–Crippen LogP) is 2.39. The van der Waals surface area contributed by atoms with Crippen molar-refractivity contribution in [3.8, 4) is 0 Å². The van der Waals surface area contributed by atoms with Crippen LogP contribution in [-0.4, -0.2) is 43.3 Å². The Morgan fingerprint density at radius 3 is 2.76 bits per heavy atom. The Morgan fingerprint density at radius 2 is 2.14 bits per heavy atom. The highest BCUT2D eigenvalue weighted by Gasteiger charge is 2.46. The lowest BCUT2D eigenvalue weighted by Crippen LogP contribution is -2.50. The third-order valence-electron chi connectivity index (χ3n) is 4.26. The first kappa shape index (κ1) is 14.1. The number of hydrogen-bond donors (Lipinski definition) is 1. The van der Waals surface area contributed by atoms with Gasteiger partial charge in [0.15, 0.2) is 0 Å². The number of hydrogen-bond acceptors (Lipinski definition) is 3. The molecular weight excluding hydrogens is 264 g/mol. The van der Waals surface area contributed by atoms with Gasteiger partial charge in [0, 0.05) is 37.5 Å². The van der Waals surface area contributed by atoms with E-state index in [1.165, 1.54) is 5.56 Å². The first-order valence-corrected chi connectivity index (χ1v) is 7.59. The van der Waals surface area contributed by atoms with Gasteiger partial charge in [-0.15, -0.1) is 0 Å². The summed E-state index contributed by atoms with van der Waals surface area (Å²) < 4.78 is 5.26. The van der Waals surface area contributed by atoms with E-state index in [1.807, 2.05) is 11.0 Å². The fraction of sp³-hybridized carbons (Fsp3) is 0.471. The number of carbonyl (C=O) groups excluding carboxylic acids is 1. The Morgan fingerprint density at radius 1 is 1.38 bits per heavy atom. The van der Waals surface area contributed by atoms with Crippen molar-refractivity contribution in [2.45, 2.75) is 18.4 Å². The zero-order chi connectivity index (χ0) is 14.7. The second-order valence-corrected chi connectivity index (χ2v) is 5.86. The van der Waals surface area contributed by atoms with Crippen molar-refractivity contribution >= 4 is 6.09 Å². The molecule has 1 saturated heterocycles. The molecule has 0 unspecified atom stereocenters. The molecule has 1 N–H and O–H groups in total. The van der Waals surface area contributed by atoms with Gasteiger partial charge in [-0.3, -0.25) is 0 Å². The van der Waals surface area contributed by atoms with E-state index in [9.17, 15) is 4.79 Å². The van der Waals surface area contributed by atoms with E-state index in [1.54, 1.807) is 6.08 Å². The van der Waals surface area contributed by atoms with Crippen LogP contribution in [0.15, 0.2) is 43.0 Å². The normalized spacial score (nSPS) is 24.0. The van der Waals surface area contributed by atoms with Gasteiger partial charge in [0.05, 0.1) is 0 Å². The standard InChI is InChI=1S/C17H22N2O2/c1-2-8-21-17(20)19(12-13-10-18-11-13)16-9-15(16)14-6-4-3-5-7-14/h2-7,13,15-16,18H,1,8-12H2/t15-,16+/m0/s1. The molecule has 1 aromatic rings. The molecule has 2 aliphatic rings. The molecule has 4 heteroatoms.